The first-order valence-corrected chi connectivity index (χ1v) is 11.3. The van der Waals surface area contributed by atoms with Crippen molar-refractivity contribution in [1.29, 1.82) is 0 Å². The topological polar surface area (TPSA) is 79.7 Å². The molecule has 23 heavy (non-hydrogen) atoms. The Morgan fingerprint density at radius 2 is 1.96 bits per heavy atom. The average molecular weight is 331 g/mol. The Bertz CT molecular complexity index is 728. The van der Waals surface area contributed by atoms with Crippen LogP contribution in [0.4, 0.5) is 0 Å². The molecule has 0 aliphatic rings. The number of benzene rings is 1. The van der Waals surface area contributed by atoms with E-state index < -0.39 is 21.2 Å². The standard InChI is InChI=1S/C16H22BNO4Si/c1-11-9-12-10-13(17(20)21)5-6-14(12)18-15(11)16(19)22-7-8-23(2,3)4/h5-6,9-10,20-21H,7-8H2,1-4H3. The monoisotopic (exact) mass is 331 g/mol. The van der Waals surface area contributed by atoms with E-state index in [2.05, 4.69) is 24.6 Å². The van der Waals surface area contributed by atoms with E-state index in [1.807, 2.05) is 6.07 Å². The lowest BCUT2D eigenvalue weighted by atomic mass is 9.80. The van der Waals surface area contributed by atoms with Gasteiger partial charge < -0.3 is 14.8 Å². The molecule has 1 aromatic heterocycles. The molecule has 2 rings (SSSR count). The van der Waals surface area contributed by atoms with E-state index in [0.29, 0.717) is 28.8 Å². The zero-order valence-corrected chi connectivity index (χ0v) is 15.0. The van der Waals surface area contributed by atoms with E-state index in [-0.39, 0.29) is 0 Å². The van der Waals surface area contributed by atoms with Gasteiger partial charge >= 0.3 is 13.1 Å². The SMILES string of the molecule is Cc1cc2cc(B(O)O)ccc2nc1C(=O)OCC[Si](C)(C)C. The number of hydrogen-bond acceptors (Lipinski definition) is 5. The van der Waals surface area contributed by atoms with Gasteiger partial charge in [-0.05, 0) is 36.1 Å². The summed E-state index contributed by atoms with van der Waals surface area (Å²) in [5, 5.41) is 19.2. The minimum Gasteiger partial charge on any atom is -0.461 e. The lowest BCUT2D eigenvalue weighted by molar-refractivity contribution is 0.0518. The molecule has 7 heteroatoms. The minimum absolute atomic E-state index is 0.311. The van der Waals surface area contributed by atoms with Crippen LogP contribution in [0, 0.1) is 6.92 Å². The summed E-state index contributed by atoms with van der Waals surface area (Å²) < 4.78 is 5.35. The Kier molecular flexibility index (Phi) is 5.23. The molecule has 0 aliphatic heterocycles. The van der Waals surface area contributed by atoms with Gasteiger partial charge in [-0.15, -0.1) is 0 Å². The number of fused-ring (bicyclic) bond motifs is 1. The Hall–Kier alpha value is -1.70. The third-order valence-corrected chi connectivity index (χ3v) is 5.31. The highest BCUT2D eigenvalue weighted by molar-refractivity contribution is 6.76. The molecular formula is C16H22BNO4Si. The van der Waals surface area contributed by atoms with Crippen LogP contribution >= 0.6 is 0 Å². The summed E-state index contributed by atoms with van der Waals surface area (Å²) in [5.41, 5.74) is 2.03. The molecule has 5 nitrogen and oxygen atoms in total. The minimum atomic E-state index is -1.52. The summed E-state index contributed by atoms with van der Waals surface area (Å²) in [4.78, 5) is 16.6. The molecule has 1 heterocycles. The van der Waals surface area contributed by atoms with Crippen LogP contribution in [0.1, 0.15) is 16.1 Å². The van der Waals surface area contributed by atoms with Gasteiger partial charge in [-0.1, -0.05) is 31.8 Å². The number of aromatic nitrogens is 1. The van der Waals surface area contributed by atoms with Gasteiger partial charge in [0.25, 0.3) is 0 Å². The van der Waals surface area contributed by atoms with Gasteiger partial charge in [0.1, 0.15) is 0 Å². The lowest BCUT2D eigenvalue weighted by Gasteiger charge is -2.15. The maximum absolute atomic E-state index is 12.2. The zero-order valence-electron chi connectivity index (χ0n) is 14.0. The summed E-state index contributed by atoms with van der Waals surface area (Å²) in [6.45, 7) is 8.90. The number of ether oxygens (including phenoxy) is 1. The first-order chi connectivity index (χ1) is 10.7. The Morgan fingerprint density at radius 1 is 1.26 bits per heavy atom. The van der Waals surface area contributed by atoms with Crippen molar-refractivity contribution >= 4 is 37.5 Å². The predicted octanol–water partition coefficient (Wildman–Crippen LogP) is 1.72. The molecule has 0 saturated carbocycles. The number of nitrogens with zero attached hydrogens (tertiary/aromatic N) is 1. The Labute approximate surface area is 137 Å². The number of carbonyl (C=O) groups excluding carboxylic acids is 1. The van der Waals surface area contributed by atoms with Gasteiger partial charge in [0, 0.05) is 13.5 Å². The van der Waals surface area contributed by atoms with Crippen LogP contribution in [0.5, 0.6) is 0 Å². The average Bonchev–Trinajstić information content (AvgIpc) is 2.44. The molecule has 0 amide bonds. The summed E-state index contributed by atoms with van der Waals surface area (Å²) in [6.07, 6.45) is 0. The molecule has 0 spiro atoms. The van der Waals surface area contributed by atoms with Crippen LogP contribution in [-0.4, -0.2) is 42.8 Å². The highest BCUT2D eigenvalue weighted by Gasteiger charge is 2.18. The molecule has 0 radical (unpaired) electrons. The number of pyridine rings is 1. The van der Waals surface area contributed by atoms with Crippen LogP contribution in [0.2, 0.25) is 25.7 Å². The van der Waals surface area contributed by atoms with Gasteiger partial charge in [-0.25, -0.2) is 9.78 Å². The normalized spacial score (nSPS) is 11.6. The van der Waals surface area contributed by atoms with E-state index in [0.717, 1.165) is 11.4 Å². The number of esters is 1. The lowest BCUT2D eigenvalue weighted by Crippen LogP contribution is -2.29. The number of carbonyl (C=O) groups is 1. The maximum atomic E-state index is 12.2. The van der Waals surface area contributed by atoms with Crippen LogP contribution in [0.3, 0.4) is 0 Å². The quantitative estimate of drug-likeness (QED) is 0.644. The van der Waals surface area contributed by atoms with Crippen molar-refractivity contribution in [3.63, 3.8) is 0 Å². The molecule has 2 N–H and O–H groups in total. The van der Waals surface area contributed by atoms with Gasteiger partial charge in [0.2, 0.25) is 0 Å². The molecule has 0 aliphatic carbocycles. The van der Waals surface area contributed by atoms with E-state index >= 15 is 0 Å². The maximum Gasteiger partial charge on any atom is 0.488 e. The molecule has 1 aromatic carbocycles. The van der Waals surface area contributed by atoms with Crippen molar-refractivity contribution < 1.29 is 19.6 Å². The van der Waals surface area contributed by atoms with E-state index in [1.54, 1.807) is 25.1 Å². The number of hydrogen-bond donors (Lipinski definition) is 2. The van der Waals surface area contributed by atoms with Gasteiger partial charge in [-0.3, -0.25) is 0 Å². The third-order valence-electron chi connectivity index (χ3n) is 3.61. The molecule has 0 saturated heterocycles. The summed E-state index contributed by atoms with van der Waals surface area (Å²) in [7, 11) is -2.77. The number of aryl methyl sites for hydroxylation is 1. The summed E-state index contributed by atoms with van der Waals surface area (Å²) in [5.74, 6) is -0.408. The second-order valence-corrected chi connectivity index (χ2v) is 12.5. The molecule has 0 unspecified atom stereocenters. The number of rotatable bonds is 5. The highest BCUT2D eigenvalue weighted by atomic mass is 28.3. The van der Waals surface area contributed by atoms with Gasteiger partial charge in [0.15, 0.2) is 5.69 Å². The zero-order chi connectivity index (χ0) is 17.2. The Balaban J connectivity index is 2.22. The summed E-state index contributed by atoms with van der Waals surface area (Å²) >= 11 is 0. The molecule has 0 fully saturated rings. The molecule has 0 bridgehead atoms. The highest BCUT2D eigenvalue weighted by Crippen LogP contribution is 2.17. The summed E-state index contributed by atoms with van der Waals surface area (Å²) in [6, 6.07) is 7.63. The van der Waals surface area contributed by atoms with Gasteiger partial charge in [-0.2, -0.15) is 0 Å². The smallest absolute Gasteiger partial charge is 0.461 e. The van der Waals surface area contributed by atoms with E-state index in [9.17, 15) is 14.8 Å². The van der Waals surface area contributed by atoms with Crippen molar-refractivity contribution in [3.8, 4) is 0 Å². The molecule has 2 aromatic rings. The first kappa shape index (κ1) is 17.7. The fourth-order valence-electron chi connectivity index (χ4n) is 2.19. The van der Waals surface area contributed by atoms with Crippen molar-refractivity contribution in [2.75, 3.05) is 6.61 Å². The largest absolute Gasteiger partial charge is 0.488 e. The first-order valence-electron chi connectivity index (χ1n) is 7.62. The fraction of sp³-hybridized carbons (Fsp3) is 0.375. The predicted molar refractivity (Wildman–Crippen MR) is 94.7 cm³/mol. The molecule has 122 valence electrons. The van der Waals surface area contributed by atoms with Crippen LogP contribution in [-0.2, 0) is 4.74 Å². The van der Waals surface area contributed by atoms with E-state index in [4.69, 9.17) is 4.74 Å². The van der Waals surface area contributed by atoms with Crippen molar-refractivity contribution in [2.24, 2.45) is 0 Å². The van der Waals surface area contributed by atoms with E-state index in [1.165, 1.54) is 0 Å². The van der Waals surface area contributed by atoms with Crippen molar-refractivity contribution in [2.45, 2.75) is 32.6 Å². The van der Waals surface area contributed by atoms with Crippen LogP contribution in [0.25, 0.3) is 10.9 Å². The molecular weight excluding hydrogens is 309 g/mol. The molecule has 0 atom stereocenters. The van der Waals surface area contributed by atoms with Crippen LogP contribution < -0.4 is 5.46 Å². The Morgan fingerprint density at radius 3 is 2.57 bits per heavy atom. The fourth-order valence-corrected chi connectivity index (χ4v) is 2.90. The van der Waals surface area contributed by atoms with Crippen molar-refractivity contribution in [1.82, 2.24) is 4.98 Å². The second kappa shape index (κ2) is 6.82. The second-order valence-electron chi connectivity index (χ2n) is 6.93. The van der Waals surface area contributed by atoms with Gasteiger partial charge in [0.05, 0.1) is 12.1 Å². The van der Waals surface area contributed by atoms with Crippen molar-refractivity contribution in [3.05, 3.63) is 35.5 Å². The third kappa shape index (κ3) is 4.64. The van der Waals surface area contributed by atoms with Crippen LogP contribution in [0.15, 0.2) is 24.3 Å².